The van der Waals surface area contributed by atoms with E-state index in [0.717, 1.165) is 30.6 Å². The first-order chi connectivity index (χ1) is 9.18. The Balaban J connectivity index is 0. The Morgan fingerprint density at radius 3 is 2.00 bits per heavy atom. The van der Waals surface area contributed by atoms with Crippen molar-refractivity contribution in [1.82, 2.24) is 4.90 Å². The maximum atomic E-state index is 9.58. The number of hydrogen-bond acceptors (Lipinski definition) is 3. The summed E-state index contributed by atoms with van der Waals surface area (Å²) < 4.78 is 0. The molecule has 0 unspecified atom stereocenters. The number of rotatable bonds is 0. The minimum Gasteiger partial charge on any atom is -0.504 e. The van der Waals surface area contributed by atoms with E-state index in [9.17, 15) is 10.2 Å². The molecular formula is C16H31NO2. The summed E-state index contributed by atoms with van der Waals surface area (Å²) in [6, 6.07) is 3.44. The van der Waals surface area contributed by atoms with Gasteiger partial charge in [0.05, 0.1) is 0 Å². The van der Waals surface area contributed by atoms with Crippen LogP contribution in [0.1, 0.15) is 52.7 Å². The second-order valence-corrected chi connectivity index (χ2v) is 3.56. The molecule has 1 aliphatic rings. The molecule has 19 heavy (non-hydrogen) atoms. The maximum Gasteiger partial charge on any atom is 0.162 e. The van der Waals surface area contributed by atoms with Crippen LogP contribution < -0.4 is 0 Å². The van der Waals surface area contributed by atoms with Gasteiger partial charge in [-0.05, 0) is 25.1 Å². The van der Waals surface area contributed by atoms with Crippen LogP contribution in [0.2, 0.25) is 0 Å². The molecule has 3 nitrogen and oxygen atoms in total. The van der Waals surface area contributed by atoms with E-state index in [4.69, 9.17) is 0 Å². The first-order valence-corrected chi connectivity index (χ1v) is 7.39. The van der Waals surface area contributed by atoms with E-state index in [1.807, 2.05) is 54.7 Å². The molecule has 1 aliphatic heterocycles. The van der Waals surface area contributed by atoms with E-state index in [1.54, 1.807) is 6.07 Å². The molecule has 0 atom stereocenters. The Bertz CT molecular complexity index is 338. The molecular weight excluding hydrogens is 238 g/mol. The number of benzene rings is 1. The summed E-state index contributed by atoms with van der Waals surface area (Å²) in [7, 11) is 2.01. The predicted molar refractivity (Wildman–Crippen MR) is 83.9 cm³/mol. The van der Waals surface area contributed by atoms with Crippen LogP contribution in [0, 0.1) is 0 Å². The minimum absolute atomic E-state index is 0.0194. The number of aromatic hydroxyl groups is 2. The van der Waals surface area contributed by atoms with Crippen molar-refractivity contribution in [2.75, 3.05) is 13.6 Å². The molecule has 2 rings (SSSR count). The number of likely N-dealkylation sites (N-methyl/N-ethyl adjacent to an activating group) is 1. The van der Waals surface area contributed by atoms with Crippen LogP contribution in [0.25, 0.3) is 0 Å². The van der Waals surface area contributed by atoms with Crippen molar-refractivity contribution in [3.63, 3.8) is 0 Å². The molecule has 0 spiro atoms. The van der Waals surface area contributed by atoms with E-state index in [2.05, 4.69) is 4.90 Å². The smallest absolute Gasteiger partial charge is 0.162 e. The van der Waals surface area contributed by atoms with Gasteiger partial charge >= 0.3 is 0 Å². The van der Waals surface area contributed by atoms with Crippen molar-refractivity contribution in [3.8, 4) is 11.5 Å². The van der Waals surface area contributed by atoms with Crippen molar-refractivity contribution in [2.24, 2.45) is 0 Å². The van der Waals surface area contributed by atoms with Crippen LogP contribution in [0.15, 0.2) is 12.1 Å². The van der Waals surface area contributed by atoms with E-state index in [-0.39, 0.29) is 11.5 Å². The Morgan fingerprint density at radius 2 is 1.47 bits per heavy atom. The fourth-order valence-corrected chi connectivity index (χ4v) is 1.74. The highest BCUT2D eigenvalue weighted by Gasteiger charge is 2.18. The summed E-state index contributed by atoms with van der Waals surface area (Å²) in [5.74, 6) is 0.0260. The van der Waals surface area contributed by atoms with Crippen molar-refractivity contribution < 1.29 is 10.2 Å². The molecule has 112 valence electrons. The lowest BCUT2D eigenvalue weighted by Gasteiger charge is -2.25. The molecule has 0 saturated carbocycles. The van der Waals surface area contributed by atoms with Crippen molar-refractivity contribution >= 4 is 0 Å². The van der Waals surface area contributed by atoms with Crippen molar-refractivity contribution in [3.05, 3.63) is 23.3 Å². The van der Waals surface area contributed by atoms with Gasteiger partial charge in [-0.15, -0.1) is 0 Å². The van der Waals surface area contributed by atoms with Crippen LogP contribution in [0.3, 0.4) is 0 Å². The number of phenolic OH excluding ortho intramolecular Hbond substituents is 2. The lowest BCUT2D eigenvalue weighted by molar-refractivity contribution is 0.300. The SMILES string of the molecule is CC.CC.CC.CN1CCc2ccc(O)c(O)c2C1. The Morgan fingerprint density at radius 1 is 0.947 bits per heavy atom. The average Bonchev–Trinajstić information content (AvgIpc) is 2.50. The molecule has 0 aromatic heterocycles. The van der Waals surface area contributed by atoms with Gasteiger partial charge in [-0.25, -0.2) is 0 Å². The van der Waals surface area contributed by atoms with Gasteiger partial charge in [0, 0.05) is 18.7 Å². The summed E-state index contributed by atoms with van der Waals surface area (Å²) in [6.45, 7) is 13.7. The van der Waals surface area contributed by atoms with Crippen LogP contribution >= 0.6 is 0 Å². The van der Waals surface area contributed by atoms with Gasteiger partial charge in [0.1, 0.15) is 0 Å². The summed E-state index contributed by atoms with van der Waals surface area (Å²) in [6.07, 6.45) is 0.944. The molecule has 2 N–H and O–H groups in total. The van der Waals surface area contributed by atoms with E-state index < -0.39 is 0 Å². The number of hydrogen-bond donors (Lipinski definition) is 2. The fraction of sp³-hybridized carbons (Fsp3) is 0.625. The van der Waals surface area contributed by atoms with Crippen molar-refractivity contribution in [2.45, 2.75) is 54.5 Å². The molecule has 0 fully saturated rings. The average molecular weight is 269 g/mol. The zero-order valence-electron chi connectivity index (χ0n) is 13.6. The second-order valence-electron chi connectivity index (χ2n) is 3.56. The molecule has 1 aromatic rings. The van der Waals surface area contributed by atoms with Gasteiger partial charge in [0.25, 0.3) is 0 Å². The monoisotopic (exact) mass is 269 g/mol. The molecule has 0 saturated heterocycles. The summed E-state index contributed by atoms with van der Waals surface area (Å²) in [5.41, 5.74) is 2.02. The Hall–Kier alpha value is -1.22. The quantitative estimate of drug-likeness (QED) is 0.695. The topological polar surface area (TPSA) is 43.7 Å². The second kappa shape index (κ2) is 11.8. The summed E-state index contributed by atoms with van der Waals surface area (Å²) in [5, 5.41) is 18.9. The fourth-order valence-electron chi connectivity index (χ4n) is 1.74. The van der Waals surface area contributed by atoms with Gasteiger partial charge in [-0.3, -0.25) is 0 Å². The zero-order valence-corrected chi connectivity index (χ0v) is 13.6. The van der Waals surface area contributed by atoms with Gasteiger partial charge in [0.2, 0.25) is 0 Å². The molecule has 3 heteroatoms. The first-order valence-electron chi connectivity index (χ1n) is 7.39. The Labute approximate surface area is 118 Å². The van der Waals surface area contributed by atoms with E-state index in [0.29, 0.717) is 0 Å². The minimum atomic E-state index is -0.0194. The van der Waals surface area contributed by atoms with Gasteiger partial charge in [0.15, 0.2) is 11.5 Å². The Kier molecular flexibility index (Phi) is 12.5. The number of fused-ring (bicyclic) bond motifs is 1. The standard InChI is InChI=1S/C10H13NO2.3C2H6/c1-11-5-4-7-2-3-9(12)10(13)8(7)6-11;3*1-2/h2-3,12-13H,4-6H2,1H3;3*1-2H3. The number of phenols is 2. The zero-order chi connectivity index (χ0) is 15.4. The molecule has 0 radical (unpaired) electrons. The van der Waals surface area contributed by atoms with E-state index in [1.165, 1.54) is 0 Å². The number of nitrogens with zero attached hydrogens (tertiary/aromatic N) is 1. The highest BCUT2D eigenvalue weighted by Crippen LogP contribution is 2.34. The van der Waals surface area contributed by atoms with Gasteiger partial charge in [-0.1, -0.05) is 47.6 Å². The highest BCUT2D eigenvalue weighted by atomic mass is 16.3. The third kappa shape index (κ3) is 5.97. The molecule has 0 amide bonds. The third-order valence-corrected chi connectivity index (χ3v) is 2.55. The molecule has 1 heterocycles. The molecule has 0 bridgehead atoms. The van der Waals surface area contributed by atoms with Gasteiger partial charge < -0.3 is 15.1 Å². The maximum absolute atomic E-state index is 9.58. The lowest BCUT2D eigenvalue weighted by atomic mass is 9.99. The molecule has 1 aromatic carbocycles. The van der Waals surface area contributed by atoms with Crippen LogP contribution in [0.4, 0.5) is 0 Å². The third-order valence-electron chi connectivity index (χ3n) is 2.55. The van der Waals surface area contributed by atoms with Crippen molar-refractivity contribution in [1.29, 1.82) is 0 Å². The van der Waals surface area contributed by atoms with E-state index >= 15 is 0 Å². The van der Waals surface area contributed by atoms with Gasteiger partial charge in [-0.2, -0.15) is 0 Å². The lowest BCUT2D eigenvalue weighted by Crippen LogP contribution is -2.26. The first kappa shape index (κ1) is 20.1. The normalized spacial score (nSPS) is 12.6. The van der Waals surface area contributed by atoms with Crippen LogP contribution in [0.5, 0.6) is 11.5 Å². The largest absolute Gasteiger partial charge is 0.504 e. The predicted octanol–water partition coefficient (Wildman–Crippen LogP) is 4.16. The molecule has 0 aliphatic carbocycles. The summed E-state index contributed by atoms with van der Waals surface area (Å²) >= 11 is 0. The summed E-state index contributed by atoms with van der Waals surface area (Å²) in [4.78, 5) is 2.13. The van der Waals surface area contributed by atoms with Crippen LogP contribution in [-0.2, 0) is 13.0 Å². The van der Waals surface area contributed by atoms with Crippen LogP contribution in [-0.4, -0.2) is 28.7 Å². The highest BCUT2D eigenvalue weighted by molar-refractivity contribution is 5.49.